The third kappa shape index (κ3) is 1.89. The number of nitrogens with zero attached hydrogens (tertiary/aromatic N) is 1. The van der Waals surface area contributed by atoms with Crippen LogP contribution in [0.4, 0.5) is 0 Å². The van der Waals surface area contributed by atoms with Gasteiger partial charge in [-0.3, -0.25) is 4.98 Å². The Kier molecular flexibility index (Phi) is 2.50. The van der Waals surface area contributed by atoms with Gasteiger partial charge in [0, 0.05) is 11.8 Å². The minimum atomic E-state index is 0.159. The minimum absolute atomic E-state index is 0.159. The molecule has 0 saturated heterocycles. The second-order valence-electron chi connectivity index (χ2n) is 3.24. The van der Waals surface area contributed by atoms with Gasteiger partial charge in [-0.1, -0.05) is 36.9 Å². The van der Waals surface area contributed by atoms with Crippen LogP contribution in [0.5, 0.6) is 5.75 Å². The Labute approximate surface area is 88.5 Å². The Morgan fingerprint density at radius 2 is 1.87 bits per heavy atom. The van der Waals surface area contributed by atoms with Gasteiger partial charge in [-0.05, 0) is 17.2 Å². The lowest BCUT2D eigenvalue weighted by atomic mass is 10.0. The standard InChI is InChI=1S/C13H11NO/c1-10(11-5-3-2-4-6-11)12-7-8-14-9-13(12)15/h2-9,15H,1H2. The van der Waals surface area contributed by atoms with Crippen LogP contribution in [0.1, 0.15) is 11.1 Å². The Morgan fingerprint density at radius 1 is 1.13 bits per heavy atom. The molecule has 2 aromatic rings. The molecule has 1 heterocycles. The molecule has 0 saturated carbocycles. The van der Waals surface area contributed by atoms with E-state index < -0.39 is 0 Å². The van der Waals surface area contributed by atoms with E-state index in [1.807, 2.05) is 30.3 Å². The van der Waals surface area contributed by atoms with Gasteiger partial charge in [-0.15, -0.1) is 0 Å². The molecule has 0 fully saturated rings. The first-order valence-corrected chi connectivity index (χ1v) is 4.66. The molecule has 0 aliphatic carbocycles. The highest BCUT2D eigenvalue weighted by atomic mass is 16.3. The summed E-state index contributed by atoms with van der Waals surface area (Å²) in [6.07, 6.45) is 3.06. The van der Waals surface area contributed by atoms with Crippen LogP contribution in [-0.2, 0) is 0 Å². The van der Waals surface area contributed by atoms with Crippen molar-refractivity contribution in [3.63, 3.8) is 0 Å². The largest absolute Gasteiger partial charge is 0.506 e. The highest BCUT2D eigenvalue weighted by molar-refractivity contribution is 5.80. The third-order valence-electron chi connectivity index (χ3n) is 2.25. The average molecular weight is 197 g/mol. The number of hydrogen-bond donors (Lipinski definition) is 1. The van der Waals surface area contributed by atoms with Crippen LogP contribution in [-0.4, -0.2) is 10.1 Å². The van der Waals surface area contributed by atoms with Gasteiger partial charge in [0.05, 0.1) is 6.20 Å². The van der Waals surface area contributed by atoms with Crippen molar-refractivity contribution >= 4 is 5.57 Å². The van der Waals surface area contributed by atoms with E-state index >= 15 is 0 Å². The molecule has 0 radical (unpaired) electrons. The maximum absolute atomic E-state index is 9.62. The zero-order valence-corrected chi connectivity index (χ0v) is 8.22. The smallest absolute Gasteiger partial charge is 0.141 e. The van der Waals surface area contributed by atoms with Crippen molar-refractivity contribution in [2.24, 2.45) is 0 Å². The zero-order valence-electron chi connectivity index (χ0n) is 8.22. The highest BCUT2D eigenvalue weighted by Crippen LogP contribution is 2.27. The van der Waals surface area contributed by atoms with Gasteiger partial charge in [-0.25, -0.2) is 0 Å². The fourth-order valence-electron chi connectivity index (χ4n) is 1.44. The molecule has 0 aliphatic rings. The number of hydrogen-bond acceptors (Lipinski definition) is 2. The van der Waals surface area contributed by atoms with E-state index in [1.54, 1.807) is 12.3 Å². The minimum Gasteiger partial charge on any atom is -0.506 e. The predicted molar refractivity (Wildman–Crippen MR) is 60.5 cm³/mol. The molecular weight excluding hydrogens is 186 g/mol. The number of benzene rings is 1. The van der Waals surface area contributed by atoms with Crippen molar-refractivity contribution in [3.8, 4) is 5.75 Å². The van der Waals surface area contributed by atoms with Crippen LogP contribution in [0.25, 0.3) is 5.57 Å². The SMILES string of the molecule is C=C(c1ccccc1)c1ccncc1O. The van der Waals surface area contributed by atoms with E-state index in [1.165, 1.54) is 6.20 Å². The lowest BCUT2D eigenvalue weighted by molar-refractivity contribution is 0.471. The summed E-state index contributed by atoms with van der Waals surface area (Å²) in [7, 11) is 0. The molecule has 2 nitrogen and oxygen atoms in total. The van der Waals surface area contributed by atoms with Crippen molar-refractivity contribution in [1.82, 2.24) is 4.98 Å². The first-order valence-electron chi connectivity index (χ1n) is 4.66. The molecule has 1 N–H and O–H groups in total. The molecule has 2 rings (SSSR count). The van der Waals surface area contributed by atoms with Crippen LogP contribution in [0, 0.1) is 0 Å². The lowest BCUT2D eigenvalue weighted by Gasteiger charge is -2.07. The molecule has 0 aliphatic heterocycles. The molecular formula is C13H11NO. The van der Waals surface area contributed by atoms with E-state index in [9.17, 15) is 5.11 Å². The van der Waals surface area contributed by atoms with Gasteiger partial charge in [0.15, 0.2) is 0 Å². The topological polar surface area (TPSA) is 33.1 Å². The molecule has 0 unspecified atom stereocenters. The number of rotatable bonds is 2. The summed E-state index contributed by atoms with van der Waals surface area (Å²) in [6.45, 7) is 3.97. The quantitative estimate of drug-likeness (QED) is 0.803. The summed E-state index contributed by atoms with van der Waals surface area (Å²) < 4.78 is 0. The summed E-state index contributed by atoms with van der Waals surface area (Å²) in [5.41, 5.74) is 2.52. The maximum Gasteiger partial charge on any atom is 0.141 e. The van der Waals surface area contributed by atoms with Crippen LogP contribution in [0.15, 0.2) is 55.4 Å². The maximum atomic E-state index is 9.62. The Bertz CT molecular complexity index is 477. The van der Waals surface area contributed by atoms with E-state index in [-0.39, 0.29) is 5.75 Å². The van der Waals surface area contributed by atoms with Crippen molar-refractivity contribution in [1.29, 1.82) is 0 Å². The first kappa shape index (κ1) is 9.46. The van der Waals surface area contributed by atoms with Crippen LogP contribution >= 0.6 is 0 Å². The molecule has 15 heavy (non-hydrogen) atoms. The van der Waals surface area contributed by atoms with Crippen molar-refractivity contribution in [2.75, 3.05) is 0 Å². The molecule has 0 spiro atoms. The van der Waals surface area contributed by atoms with Gasteiger partial charge in [0.1, 0.15) is 5.75 Å². The molecule has 2 heteroatoms. The summed E-state index contributed by atoms with van der Waals surface area (Å²) in [5, 5.41) is 9.62. The van der Waals surface area contributed by atoms with Gasteiger partial charge in [-0.2, -0.15) is 0 Å². The molecule has 0 atom stereocenters. The number of aromatic nitrogens is 1. The highest BCUT2D eigenvalue weighted by Gasteiger charge is 2.05. The predicted octanol–water partition coefficient (Wildman–Crippen LogP) is 2.85. The lowest BCUT2D eigenvalue weighted by Crippen LogP contribution is -1.87. The van der Waals surface area contributed by atoms with Crippen LogP contribution < -0.4 is 0 Å². The van der Waals surface area contributed by atoms with E-state index in [0.717, 1.165) is 16.7 Å². The van der Waals surface area contributed by atoms with Crippen molar-refractivity contribution in [3.05, 3.63) is 66.5 Å². The monoisotopic (exact) mass is 197 g/mol. The fraction of sp³-hybridized carbons (Fsp3) is 0. The Balaban J connectivity index is 2.42. The van der Waals surface area contributed by atoms with Crippen LogP contribution in [0.2, 0.25) is 0 Å². The van der Waals surface area contributed by atoms with E-state index in [2.05, 4.69) is 11.6 Å². The summed E-state index contributed by atoms with van der Waals surface area (Å²) >= 11 is 0. The van der Waals surface area contributed by atoms with Gasteiger partial charge in [0.2, 0.25) is 0 Å². The first-order chi connectivity index (χ1) is 7.29. The Hall–Kier alpha value is -2.09. The molecule has 74 valence electrons. The van der Waals surface area contributed by atoms with Gasteiger partial charge < -0.3 is 5.11 Å². The molecule has 1 aromatic heterocycles. The van der Waals surface area contributed by atoms with Gasteiger partial charge >= 0.3 is 0 Å². The fourth-order valence-corrected chi connectivity index (χ4v) is 1.44. The van der Waals surface area contributed by atoms with Crippen LogP contribution in [0.3, 0.4) is 0 Å². The average Bonchev–Trinajstić information content (AvgIpc) is 2.30. The number of aromatic hydroxyl groups is 1. The van der Waals surface area contributed by atoms with Crippen molar-refractivity contribution < 1.29 is 5.11 Å². The summed E-state index contributed by atoms with van der Waals surface area (Å²) in [5.74, 6) is 0.159. The number of pyridine rings is 1. The summed E-state index contributed by atoms with van der Waals surface area (Å²) in [4.78, 5) is 3.83. The summed E-state index contributed by atoms with van der Waals surface area (Å²) in [6, 6.07) is 11.5. The second kappa shape index (κ2) is 3.96. The van der Waals surface area contributed by atoms with Gasteiger partial charge in [0.25, 0.3) is 0 Å². The Morgan fingerprint density at radius 3 is 2.53 bits per heavy atom. The van der Waals surface area contributed by atoms with Crippen molar-refractivity contribution in [2.45, 2.75) is 0 Å². The molecule has 0 amide bonds. The van der Waals surface area contributed by atoms with E-state index in [4.69, 9.17) is 0 Å². The molecule has 0 bridgehead atoms. The zero-order chi connectivity index (χ0) is 10.7. The normalized spacial score (nSPS) is 9.87. The molecule has 1 aromatic carbocycles. The van der Waals surface area contributed by atoms with E-state index in [0.29, 0.717) is 0 Å². The third-order valence-corrected chi connectivity index (χ3v) is 2.25. The second-order valence-corrected chi connectivity index (χ2v) is 3.24.